The summed E-state index contributed by atoms with van der Waals surface area (Å²) in [4.78, 5) is 11.6. The molecule has 4 nitrogen and oxygen atoms in total. The molecule has 1 heterocycles. The van der Waals surface area contributed by atoms with Crippen LogP contribution in [0.3, 0.4) is 0 Å². The van der Waals surface area contributed by atoms with E-state index in [0.29, 0.717) is 12.3 Å². The van der Waals surface area contributed by atoms with Gasteiger partial charge in [-0.15, -0.1) is 0 Å². The number of aryl methyl sites for hydroxylation is 1. The monoisotopic (exact) mass is 297 g/mol. The predicted octanol–water partition coefficient (Wildman–Crippen LogP) is 3.59. The van der Waals surface area contributed by atoms with E-state index in [9.17, 15) is 4.79 Å². The van der Waals surface area contributed by atoms with E-state index in [1.807, 2.05) is 32.0 Å². The number of hydrogen-bond acceptors (Lipinski definition) is 2. The Balaban J connectivity index is 2.15. The van der Waals surface area contributed by atoms with Gasteiger partial charge in [-0.1, -0.05) is 32.0 Å². The quantitative estimate of drug-likeness (QED) is 0.665. The number of aromatic nitrogens is 1. The highest BCUT2D eigenvalue weighted by Gasteiger charge is 2.09. The molecule has 1 N–H and O–H groups in total. The third-order valence-electron chi connectivity index (χ3n) is 3.47. The number of para-hydroxylation sites is 1. The topological polar surface area (TPSA) is 46.4 Å². The number of carbonyl (C=O) groups excluding carboxylic acids is 1. The van der Waals surface area contributed by atoms with Crippen molar-refractivity contribution in [1.29, 1.82) is 0 Å². The van der Waals surface area contributed by atoms with Gasteiger partial charge in [-0.05, 0) is 38.0 Å². The number of amides is 1. The van der Waals surface area contributed by atoms with Gasteiger partial charge in [0.05, 0.1) is 6.21 Å². The van der Waals surface area contributed by atoms with Crippen LogP contribution in [0.2, 0.25) is 0 Å². The Morgan fingerprint density at radius 3 is 2.59 bits per heavy atom. The number of nitrogens with one attached hydrogen (secondary N) is 1. The molecule has 2 aromatic rings. The van der Waals surface area contributed by atoms with Crippen molar-refractivity contribution in [2.45, 2.75) is 34.1 Å². The Morgan fingerprint density at radius 2 is 1.95 bits per heavy atom. The standard InChI is InChI=1S/C18H23N3O/c1-13(2)10-18(22)20-19-12-16-11-14(3)21(15(16)4)17-8-6-5-7-9-17/h5-9,11-13H,10H2,1-4H3,(H,20,22)/b19-12-. The van der Waals surface area contributed by atoms with Crippen LogP contribution in [-0.2, 0) is 4.79 Å². The molecule has 1 amide bonds. The van der Waals surface area contributed by atoms with Crippen LogP contribution < -0.4 is 5.43 Å². The number of hydrogen-bond donors (Lipinski definition) is 1. The van der Waals surface area contributed by atoms with E-state index in [-0.39, 0.29) is 5.91 Å². The van der Waals surface area contributed by atoms with E-state index in [4.69, 9.17) is 0 Å². The Kier molecular flexibility index (Phi) is 5.15. The molecule has 0 aliphatic carbocycles. The highest BCUT2D eigenvalue weighted by Crippen LogP contribution is 2.19. The van der Waals surface area contributed by atoms with Gasteiger partial charge in [-0.2, -0.15) is 5.10 Å². The SMILES string of the molecule is Cc1cc(/C=N\NC(=O)CC(C)C)c(C)n1-c1ccccc1. The van der Waals surface area contributed by atoms with Gasteiger partial charge in [0, 0.05) is 29.1 Å². The fourth-order valence-corrected chi connectivity index (χ4v) is 2.48. The van der Waals surface area contributed by atoms with Crippen LogP contribution >= 0.6 is 0 Å². The van der Waals surface area contributed by atoms with Crippen molar-refractivity contribution in [3.8, 4) is 5.69 Å². The largest absolute Gasteiger partial charge is 0.318 e. The van der Waals surface area contributed by atoms with Gasteiger partial charge in [-0.25, -0.2) is 5.43 Å². The minimum Gasteiger partial charge on any atom is -0.318 e. The Morgan fingerprint density at radius 1 is 1.27 bits per heavy atom. The van der Waals surface area contributed by atoms with Gasteiger partial charge in [-0.3, -0.25) is 4.79 Å². The first-order valence-corrected chi connectivity index (χ1v) is 7.55. The minimum absolute atomic E-state index is 0.0527. The summed E-state index contributed by atoms with van der Waals surface area (Å²) in [6, 6.07) is 12.3. The molecule has 0 fully saturated rings. The molecule has 0 aliphatic heterocycles. The fraction of sp³-hybridized carbons (Fsp3) is 0.333. The van der Waals surface area contributed by atoms with Crippen molar-refractivity contribution in [2.24, 2.45) is 11.0 Å². The average molecular weight is 297 g/mol. The molecule has 0 unspecified atom stereocenters. The number of hydrazone groups is 1. The molecular weight excluding hydrogens is 274 g/mol. The van der Waals surface area contributed by atoms with E-state index in [1.54, 1.807) is 6.21 Å². The van der Waals surface area contributed by atoms with Crippen LogP contribution in [0.4, 0.5) is 0 Å². The summed E-state index contributed by atoms with van der Waals surface area (Å²) in [6.07, 6.45) is 2.19. The van der Waals surface area contributed by atoms with Crippen molar-refractivity contribution in [2.75, 3.05) is 0 Å². The molecule has 0 bridgehead atoms. The maximum Gasteiger partial charge on any atom is 0.240 e. The molecule has 2 rings (SSSR count). The van der Waals surface area contributed by atoms with Crippen LogP contribution in [0.15, 0.2) is 41.5 Å². The number of rotatable bonds is 5. The van der Waals surface area contributed by atoms with Gasteiger partial charge < -0.3 is 4.57 Å². The molecule has 1 aromatic heterocycles. The first-order chi connectivity index (χ1) is 10.5. The molecule has 0 atom stereocenters. The number of nitrogens with zero attached hydrogens (tertiary/aromatic N) is 2. The summed E-state index contributed by atoms with van der Waals surface area (Å²) in [5.41, 5.74) is 6.95. The van der Waals surface area contributed by atoms with Crippen LogP contribution in [0.5, 0.6) is 0 Å². The number of benzene rings is 1. The molecule has 1 aromatic carbocycles. The molecule has 22 heavy (non-hydrogen) atoms. The smallest absolute Gasteiger partial charge is 0.240 e. The molecule has 0 aliphatic rings. The first-order valence-electron chi connectivity index (χ1n) is 7.55. The zero-order valence-electron chi connectivity index (χ0n) is 13.6. The van der Waals surface area contributed by atoms with Crippen molar-refractivity contribution in [3.63, 3.8) is 0 Å². The summed E-state index contributed by atoms with van der Waals surface area (Å²) in [6.45, 7) is 8.14. The summed E-state index contributed by atoms with van der Waals surface area (Å²) in [5.74, 6) is 0.279. The summed E-state index contributed by atoms with van der Waals surface area (Å²) in [7, 11) is 0. The van der Waals surface area contributed by atoms with E-state index in [1.165, 1.54) is 0 Å². The van der Waals surface area contributed by atoms with Gasteiger partial charge >= 0.3 is 0 Å². The summed E-state index contributed by atoms with van der Waals surface area (Å²) >= 11 is 0. The lowest BCUT2D eigenvalue weighted by Crippen LogP contribution is -2.19. The zero-order chi connectivity index (χ0) is 16.1. The van der Waals surface area contributed by atoms with Crippen LogP contribution in [0.25, 0.3) is 5.69 Å². The van der Waals surface area contributed by atoms with E-state index >= 15 is 0 Å². The second kappa shape index (κ2) is 7.07. The third-order valence-corrected chi connectivity index (χ3v) is 3.47. The van der Waals surface area contributed by atoms with Crippen LogP contribution in [-0.4, -0.2) is 16.7 Å². The highest BCUT2D eigenvalue weighted by molar-refractivity contribution is 5.84. The minimum atomic E-state index is -0.0527. The molecular formula is C18H23N3O. The summed E-state index contributed by atoms with van der Waals surface area (Å²) in [5, 5.41) is 4.07. The van der Waals surface area contributed by atoms with E-state index in [2.05, 4.69) is 47.1 Å². The fourth-order valence-electron chi connectivity index (χ4n) is 2.48. The Labute approximate surface area is 131 Å². The van der Waals surface area contributed by atoms with Gasteiger partial charge in [0.1, 0.15) is 0 Å². The predicted molar refractivity (Wildman–Crippen MR) is 90.4 cm³/mol. The Hall–Kier alpha value is -2.36. The molecule has 0 spiro atoms. The van der Waals surface area contributed by atoms with Crippen molar-refractivity contribution >= 4 is 12.1 Å². The maximum absolute atomic E-state index is 11.6. The van der Waals surface area contributed by atoms with Gasteiger partial charge in [0.25, 0.3) is 0 Å². The van der Waals surface area contributed by atoms with Gasteiger partial charge in [0.15, 0.2) is 0 Å². The lowest BCUT2D eigenvalue weighted by molar-refractivity contribution is -0.121. The van der Waals surface area contributed by atoms with Crippen LogP contribution in [0, 0.1) is 19.8 Å². The highest BCUT2D eigenvalue weighted by atomic mass is 16.2. The van der Waals surface area contributed by atoms with E-state index in [0.717, 1.165) is 22.6 Å². The lowest BCUT2D eigenvalue weighted by Gasteiger charge is -2.09. The third kappa shape index (κ3) is 3.85. The maximum atomic E-state index is 11.6. The summed E-state index contributed by atoms with van der Waals surface area (Å²) < 4.78 is 2.18. The second-order valence-electron chi connectivity index (χ2n) is 5.89. The second-order valence-corrected chi connectivity index (χ2v) is 5.89. The average Bonchev–Trinajstić information content (AvgIpc) is 2.74. The van der Waals surface area contributed by atoms with Gasteiger partial charge in [0.2, 0.25) is 5.91 Å². The first kappa shape index (κ1) is 16.0. The Bertz CT molecular complexity index is 669. The molecule has 4 heteroatoms. The lowest BCUT2D eigenvalue weighted by atomic mass is 10.1. The van der Waals surface area contributed by atoms with Crippen molar-refractivity contribution in [1.82, 2.24) is 9.99 Å². The number of carbonyl (C=O) groups is 1. The molecule has 116 valence electrons. The molecule has 0 saturated heterocycles. The van der Waals surface area contributed by atoms with E-state index < -0.39 is 0 Å². The van der Waals surface area contributed by atoms with Crippen LogP contribution in [0.1, 0.15) is 37.2 Å². The molecule has 0 radical (unpaired) electrons. The van der Waals surface area contributed by atoms with Crippen molar-refractivity contribution in [3.05, 3.63) is 53.3 Å². The van der Waals surface area contributed by atoms with Crippen molar-refractivity contribution < 1.29 is 4.79 Å². The zero-order valence-corrected chi connectivity index (χ0v) is 13.6. The normalized spacial score (nSPS) is 11.3. The molecule has 0 saturated carbocycles.